The summed E-state index contributed by atoms with van der Waals surface area (Å²) in [5.74, 6) is -0.467. The number of carbonyl (C=O) groups is 5. The molecule has 312 valence electrons. The Balaban J connectivity index is 0.000000670. The van der Waals surface area contributed by atoms with E-state index < -0.39 is 11.9 Å². The van der Waals surface area contributed by atoms with Gasteiger partial charge in [0.05, 0.1) is 18.6 Å². The number of allylic oxidation sites excluding steroid dienone is 4. The maximum atomic E-state index is 12.8. The number of carbonyl (C=O) groups excluding carboxylic acids is 4. The Morgan fingerprint density at radius 3 is 1.95 bits per heavy atom. The number of nitrogens with one attached hydrogen (secondary N) is 2. The number of ether oxygens (including phenoxy) is 2. The highest BCUT2D eigenvalue weighted by molar-refractivity contribution is 6.19. The second-order valence-electron chi connectivity index (χ2n) is 15.9. The summed E-state index contributed by atoms with van der Waals surface area (Å²) in [5, 5.41) is 26.1. The van der Waals surface area contributed by atoms with Gasteiger partial charge in [0.1, 0.15) is 23.0 Å². The highest BCUT2D eigenvalue weighted by Crippen LogP contribution is 2.40. The Labute approximate surface area is 346 Å². The van der Waals surface area contributed by atoms with Crippen LogP contribution in [-0.4, -0.2) is 52.7 Å². The topological polar surface area (TPSA) is 168 Å². The van der Waals surface area contributed by atoms with Crippen molar-refractivity contribution in [2.24, 2.45) is 0 Å². The average molecular weight is 805 g/mol. The highest BCUT2D eigenvalue weighted by Gasteiger charge is 2.27. The van der Waals surface area contributed by atoms with Gasteiger partial charge in [0.25, 0.3) is 5.91 Å². The van der Waals surface area contributed by atoms with Crippen LogP contribution in [0.5, 0.6) is 23.0 Å². The number of benzene rings is 4. The number of phenols is 1. The zero-order valence-electron chi connectivity index (χ0n) is 35.3. The van der Waals surface area contributed by atoms with Crippen molar-refractivity contribution in [3.63, 3.8) is 0 Å². The van der Waals surface area contributed by atoms with Gasteiger partial charge in [0.15, 0.2) is 11.6 Å². The fourth-order valence-electron chi connectivity index (χ4n) is 6.10. The van der Waals surface area contributed by atoms with Gasteiger partial charge < -0.3 is 30.3 Å². The van der Waals surface area contributed by atoms with Crippen LogP contribution in [0.4, 0.5) is 5.69 Å². The van der Waals surface area contributed by atoms with Gasteiger partial charge >= 0.3 is 5.97 Å². The summed E-state index contributed by atoms with van der Waals surface area (Å²) in [4.78, 5) is 58.1. The summed E-state index contributed by atoms with van der Waals surface area (Å²) >= 11 is 0. The van der Waals surface area contributed by atoms with E-state index in [1.807, 2.05) is 0 Å². The third-order valence-electron chi connectivity index (χ3n) is 10.7. The minimum Gasteiger partial charge on any atom is -0.506 e. The molecular weight excluding hydrogens is 749 g/mol. The van der Waals surface area contributed by atoms with Crippen LogP contribution in [0.3, 0.4) is 0 Å². The molecule has 0 fully saturated rings. The molecule has 4 aromatic rings. The number of carboxylic acids is 1. The van der Waals surface area contributed by atoms with Crippen molar-refractivity contribution >= 4 is 45.8 Å². The Morgan fingerprint density at radius 1 is 0.746 bits per heavy atom. The van der Waals surface area contributed by atoms with E-state index in [1.165, 1.54) is 29.3 Å². The molecule has 0 saturated carbocycles. The van der Waals surface area contributed by atoms with Crippen LogP contribution >= 0.6 is 0 Å². The van der Waals surface area contributed by atoms with Gasteiger partial charge in [-0.25, -0.2) is 0 Å². The summed E-state index contributed by atoms with van der Waals surface area (Å²) in [6.07, 6.45) is 5.37. The molecule has 1 aliphatic rings. The summed E-state index contributed by atoms with van der Waals surface area (Å²) in [5.41, 5.74) is 4.14. The second-order valence-corrected chi connectivity index (χ2v) is 15.9. The van der Waals surface area contributed by atoms with Crippen molar-refractivity contribution in [2.75, 3.05) is 18.5 Å². The van der Waals surface area contributed by atoms with Crippen molar-refractivity contribution in [2.45, 2.75) is 98.3 Å². The Hall–Kier alpha value is -6.23. The number of hydrogen-bond donors (Lipinski definition) is 4. The van der Waals surface area contributed by atoms with Crippen LogP contribution in [0.2, 0.25) is 0 Å². The third-order valence-corrected chi connectivity index (χ3v) is 10.7. The van der Waals surface area contributed by atoms with Crippen molar-refractivity contribution in [1.29, 1.82) is 0 Å². The molecule has 0 atom stereocenters. The summed E-state index contributed by atoms with van der Waals surface area (Å²) < 4.78 is 12.3. The third kappa shape index (κ3) is 12.1. The van der Waals surface area contributed by atoms with Gasteiger partial charge in [-0.1, -0.05) is 77.9 Å². The fraction of sp³-hybridized carbons (Fsp3) is 0.354. The number of anilines is 1. The Kier molecular flexibility index (Phi) is 15.4. The monoisotopic (exact) mass is 804 g/mol. The molecule has 0 aliphatic heterocycles. The van der Waals surface area contributed by atoms with Crippen molar-refractivity contribution in [1.82, 2.24) is 5.32 Å². The second kappa shape index (κ2) is 20.0. The molecule has 1 aliphatic carbocycles. The van der Waals surface area contributed by atoms with Crippen LogP contribution in [-0.2, 0) is 30.0 Å². The molecule has 5 rings (SSSR count). The molecule has 4 aromatic carbocycles. The lowest BCUT2D eigenvalue weighted by atomic mass is 9.76. The van der Waals surface area contributed by atoms with E-state index in [-0.39, 0.29) is 52.6 Å². The zero-order chi connectivity index (χ0) is 43.5. The lowest BCUT2D eigenvalue weighted by Crippen LogP contribution is -2.26. The van der Waals surface area contributed by atoms with Gasteiger partial charge in [-0.3, -0.25) is 24.0 Å². The molecule has 2 amide bonds. The lowest BCUT2D eigenvalue weighted by Gasteiger charge is -2.30. The normalized spacial score (nSPS) is 12.8. The van der Waals surface area contributed by atoms with E-state index in [2.05, 4.69) is 70.4 Å². The summed E-state index contributed by atoms with van der Waals surface area (Å²) in [7, 11) is 0. The lowest BCUT2D eigenvalue weighted by molar-refractivity contribution is -0.136. The first-order valence-corrected chi connectivity index (χ1v) is 19.9. The smallest absolute Gasteiger partial charge is 0.305 e. The molecular formula is C48H56N2O9. The Morgan fingerprint density at radius 2 is 1.36 bits per heavy atom. The predicted octanol–water partition coefficient (Wildman–Crippen LogP) is 9.75. The number of amides is 2. The molecule has 11 heteroatoms. The minimum absolute atomic E-state index is 0.0327. The predicted molar refractivity (Wildman–Crippen MR) is 231 cm³/mol. The largest absolute Gasteiger partial charge is 0.506 e. The number of carboxylic acid groups (broad SMARTS) is 1. The van der Waals surface area contributed by atoms with Gasteiger partial charge in [-0.05, 0) is 98.1 Å². The number of rotatable bonds is 16. The van der Waals surface area contributed by atoms with Gasteiger partial charge in [-0.15, -0.1) is 0 Å². The molecule has 0 aromatic heterocycles. The zero-order valence-corrected chi connectivity index (χ0v) is 35.3. The average Bonchev–Trinajstić information content (AvgIpc) is 3.20. The Bertz CT molecular complexity index is 2240. The number of aliphatic carboxylic acids is 1. The van der Waals surface area contributed by atoms with Crippen LogP contribution in [0.1, 0.15) is 109 Å². The molecule has 0 bridgehead atoms. The van der Waals surface area contributed by atoms with Gasteiger partial charge in [0.2, 0.25) is 5.91 Å². The fourth-order valence-corrected chi connectivity index (χ4v) is 6.10. The number of phenolic OH excluding ortho intramolecular Hbond substituents is 1. The van der Waals surface area contributed by atoms with E-state index in [9.17, 15) is 29.1 Å². The van der Waals surface area contributed by atoms with E-state index in [0.29, 0.717) is 58.6 Å². The highest BCUT2D eigenvalue weighted by atomic mass is 16.5. The SMILES string of the molecule is CC1=CC(=O)C(C)=CC1=O.CCC(C)(C)c1ccc(OCCCC(=O)Nc2ccc(Oc3cc(C(=O)NCCC(=O)O)c(O)c4ccccc34)cc2)c(C(C)(C)CC)c1. The van der Waals surface area contributed by atoms with Crippen molar-refractivity contribution in [3.8, 4) is 23.0 Å². The first-order valence-electron chi connectivity index (χ1n) is 19.9. The molecule has 4 N–H and O–H groups in total. The summed E-state index contributed by atoms with van der Waals surface area (Å²) in [6, 6.07) is 21.8. The molecule has 0 saturated heterocycles. The maximum absolute atomic E-state index is 12.8. The molecule has 11 nitrogen and oxygen atoms in total. The quantitative estimate of drug-likeness (QED) is 0.0637. The van der Waals surface area contributed by atoms with E-state index in [0.717, 1.165) is 18.6 Å². The van der Waals surface area contributed by atoms with E-state index in [4.69, 9.17) is 14.6 Å². The van der Waals surface area contributed by atoms with E-state index >= 15 is 0 Å². The summed E-state index contributed by atoms with van der Waals surface area (Å²) in [6.45, 7) is 17.0. The standard InChI is InChI=1S/C40H48N2O7.C8H8O2/c1-7-39(3,4)26-15-20-33(32(24-26)40(5,6)8-2)48-23-11-14-35(43)42-27-16-18-28(19-17-27)49-34-25-31(38(47)41-22-21-36(44)45)37(46)30-13-10-9-12-29(30)34;1-5-3-8(10)6(2)4-7(5)9/h9-10,12-13,15-20,24-25,46H,7-8,11,14,21-23H2,1-6H3,(H,41,47)(H,42,43)(H,44,45);3-4H,1-2H3. The molecule has 0 spiro atoms. The van der Waals surface area contributed by atoms with Crippen LogP contribution in [0.25, 0.3) is 10.8 Å². The minimum atomic E-state index is -1.04. The number of ketones is 2. The van der Waals surface area contributed by atoms with E-state index in [1.54, 1.807) is 62.4 Å². The molecule has 59 heavy (non-hydrogen) atoms. The first-order chi connectivity index (χ1) is 27.9. The van der Waals surface area contributed by atoms with Gasteiger partial charge in [-0.2, -0.15) is 0 Å². The molecule has 0 radical (unpaired) electrons. The van der Waals surface area contributed by atoms with Crippen LogP contribution in [0, 0.1) is 0 Å². The number of aromatic hydroxyl groups is 1. The van der Waals surface area contributed by atoms with Crippen LogP contribution in [0.15, 0.2) is 96.1 Å². The van der Waals surface area contributed by atoms with Crippen molar-refractivity contribution < 1.29 is 43.7 Å². The van der Waals surface area contributed by atoms with Crippen molar-refractivity contribution in [3.05, 3.63) is 113 Å². The van der Waals surface area contributed by atoms with Gasteiger partial charge in [0, 0.05) is 46.1 Å². The molecule has 0 heterocycles. The molecule has 0 unspecified atom stereocenters. The maximum Gasteiger partial charge on any atom is 0.305 e. The number of hydrogen-bond acceptors (Lipinski definition) is 8. The first kappa shape index (κ1) is 45.5. The number of fused-ring (bicyclic) bond motifs is 1. The van der Waals surface area contributed by atoms with Crippen LogP contribution < -0.4 is 20.1 Å².